The van der Waals surface area contributed by atoms with Crippen molar-refractivity contribution in [1.82, 2.24) is 9.78 Å². The zero-order valence-corrected chi connectivity index (χ0v) is 11.8. The molecular formula is C16H18N2O2. The van der Waals surface area contributed by atoms with Crippen molar-refractivity contribution in [3.63, 3.8) is 0 Å². The predicted molar refractivity (Wildman–Crippen MR) is 75.7 cm³/mol. The monoisotopic (exact) mass is 270 g/mol. The number of benzene rings is 1. The molecule has 0 bridgehead atoms. The Labute approximate surface area is 118 Å². The van der Waals surface area contributed by atoms with Crippen LogP contribution in [0.1, 0.15) is 36.3 Å². The Morgan fingerprint density at radius 1 is 1.30 bits per heavy atom. The first-order valence-electron chi connectivity index (χ1n) is 6.86. The van der Waals surface area contributed by atoms with Crippen LogP contribution in [0, 0.1) is 5.41 Å². The number of ether oxygens (including phenoxy) is 1. The number of nitrogens with zero attached hydrogens (tertiary/aromatic N) is 2. The van der Waals surface area contributed by atoms with Crippen LogP contribution in [0.3, 0.4) is 0 Å². The van der Waals surface area contributed by atoms with Crippen LogP contribution in [0.15, 0.2) is 36.4 Å². The van der Waals surface area contributed by atoms with Gasteiger partial charge in [-0.05, 0) is 12.0 Å². The molecule has 0 saturated heterocycles. The fraction of sp³-hybridized carbons (Fsp3) is 0.375. The van der Waals surface area contributed by atoms with E-state index in [1.165, 1.54) is 0 Å². The predicted octanol–water partition coefficient (Wildman–Crippen LogP) is 3.07. The highest BCUT2D eigenvalue weighted by atomic mass is 16.5. The van der Waals surface area contributed by atoms with Crippen LogP contribution in [0.4, 0.5) is 0 Å². The normalized spacial score (nSPS) is 16.8. The van der Waals surface area contributed by atoms with Gasteiger partial charge in [0.2, 0.25) is 5.88 Å². The largest absolute Gasteiger partial charge is 0.472 e. The van der Waals surface area contributed by atoms with Gasteiger partial charge in [0.15, 0.2) is 5.78 Å². The molecule has 0 spiro atoms. The molecule has 4 heteroatoms. The molecule has 0 saturated carbocycles. The highest BCUT2D eigenvalue weighted by molar-refractivity contribution is 5.99. The van der Waals surface area contributed by atoms with Gasteiger partial charge in [-0.15, -0.1) is 5.10 Å². The molecule has 3 rings (SSSR count). The van der Waals surface area contributed by atoms with E-state index in [2.05, 4.69) is 5.10 Å². The Bertz CT molecular complexity index is 629. The molecule has 1 aromatic heterocycles. The van der Waals surface area contributed by atoms with Gasteiger partial charge in [-0.1, -0.05) is 44.2 Å². The number of rotatable bonds is 3. The third-order valence-corrected chi connectivity index (χ3v) is 3.78. The molecule has 0 fully saturated rings. The molecule has 104 valence electrons. The lowest BCUT2D eigenvalue weighted by molar-refractivity contribution is 0.0772. The summed E-state index contributed by atoms with van der Waals surface area (Å²) in [6.07, 6.45) is 0.818. The van der Waals surface area contributed by atoms with Crippen LogP contribution >= 0.6 is 0 Å². The third-order valence-electron chi connectivity index (χ3n) is 3.78. The van der Waals surface area contributed by atoms with E-state index < -0.39 is 0 Å². The van der Waals surface area contributed by atoms with Crippen LogP contribution in [0.2, 0.25) is 0 Å². The molecule has 20 heavy (non-hydrogen) atoms. The average molecular weight is 270 g/mol. The SMILES string of the molecule is CC1(C)CCn2nc(OCc3ccccc3)cc2C1=O. The highest BCUT2D eigenvalue weighted by Gasteiger charge is 2.35. The molecule has 2 aromatic rings. The minimum absolute atomic E-state index is 0.144. The number of hydrogen-bond acceptors (Lipinski definition) is 3. The van der Waals surface area contributed by atoms with Crippen molar-refractivity contribution < 1.29 is 9.53 Å². The van der Waals surface area contributed by atoms with Crippen LogP contribution in [0.25, 0.3) is 0 Å². The summed E-state index contributed by atoms with van der Waals surface area (Å²) >= 11 is 0. The maximum Gasteiger partial charge on any atom is 0.233 e. The number of aryl methyl sites for hydroxylation is 1. The van der Waals surface area contributed by atoms with E-state index in [4.69, 9.17) is 4.74 Å². The third kappa shape index (κ3) is 2.33. The van der Waals surface area contributed by atoms with Gasteiger partial charge in [-0.2, -0.15) is 0 Å². The zero-order chi connectivity index (χ0) is 14.2. The molecule has 1 aliphatic heterocycles. The number of carbonyl (C=O) groups is 1. The molecule has 0 N–H and O–H groups in total. The van der Waals surface area contributed by atoms with E-state index in [9.17, 15) is 4.79 Å². The second-order valence-corrected chi connectivity index (χ2v) is 5.83. The van der Waals surface area contributed by atoms with Crippen molar-refractivity contribution in [2.24, 2.45) is 5.41 Å². The van der Waals surface area contributed by atoms with E-state index in [0.29, 0.717) is 18.2 Å². The second kappa shape index (κ2) is 4.78. The van der Waals surface area contributed by atoms with Gasteiger partial charge in [0.25, 0.3) is 0 Å². The molecule has 0 unspecified atom stereocenters. The number of ketones is 1. The number of carbonyl (C=O) groups excluding carboxylic acids is 1. The maximum atomic E-state index is 12.3. The molecule has 4 nitrogen and oxygen atoms in total. The van der Waals surface area contributed by atoms with Gasteiger partial charge in [0.05, 0.1) is 0 Å². The first-order valence-corrected chi connectivity index (χ1v) is 6.86. The van der Waals surface area contributed by atoms with E-state index in [-0.39, 0.29) is 11.2 Å². The van der Waals surface area contributed by atoms with Crippen molar-refractivity contribution in [1.29, 1.82) is 0 Å². The van der Waals surface area contributed by atoms with Crippen molar-refractivity contribution in [2.45, 2.75) is 33.4 Å². The minimum atomic E-state index is -0.299. The van der Waals surface area contributed by atoms with Gasteiger partial charge in [0.1, 0.15) is 12.3 Å². The van der Waals surface area contributed by atoms with E-state index in [0.717, 1.165) is 18.5 Å². The number of aromatic nitrogens is 2. The molecule has 1 aromatic carbocycles. The fourth-order valence-corrected chi connectivity index (χ4v) is 2.39. The summed E-state index contributed by atoms with van der Waals surface area (Å²) in [7, 11) is 0. The van der Waals surface area contributed by atoms with Crippen molar-refractivity contribution >= 4 is 5.78 Å². The lowest BCUT2D eigenvalue weighted by atomic mass is 9.81. The Hall–Kier alpha value is -2.10. The molecule has 0 aliphatic carbocycles. The summed E-state index contributed by atoms with van der Waals surface area (Å²) in [6, 6.07) is 11.7. The van der Waals surface area contributed by atoms with Gasteiger partial charge in [-0.3, -0.25) is 9.48 Å². The lowest BCUT2D eigenvalue weighted by Crippen LogP contribution is -2.33. The average Bonchev–Trinajstić information content (AvgIpc) is 2.86. The molecule has 2 heterocycles. The van der Waals surface area contributed by atoms with E-state index >= 15 is 0 Å². The van der Waals surface area contributed by atoms with E-state index in [1.807, 2.05) is 44.2 Å². The summed E-state index contributed by atoms with van der Waals surface area (Å²) in [5.74, 6) is 0.667. The number of hydrogen-bond donors (Lipinski definition) is 0. The van der Waals surface area contributed by atoms with Crippen LogP contribution in [0.5, 0.6) is 5.88 Å². The molecule has 0 radical (unpaired) electrons. The summed E-state index contributed by atoms with van der Waals surface area (Å²) in [6.45, 7) is 5.20. The molecule has 0 atom stereocenters. The fourth-order valence-electron chi connectivity index (χ4n) is 2.39. The summed E-state index contributed by atoms with van der Waals surface area (Å²) in [5.41, 5.74) is 1.45. The van der Waals surface area contributed by atoms with Crippen LogP contribution in [-0.2, 0) is 13.2 Å². The number of fused-ring (bicyclic) bond motifs is 1. The Balaban J connectivity index is 1.76. The van der Waals surface area contributed by atoms with Crippen LogP contribution < -0.4 is 4.74 Å². The maximum absolute atomic E-state index is 12.3. The molecule has 0 amide bonds. The first-order chi connectivity index (χ1) is 9.56. The van der Waals surface area contributed by atoms with Crippen molar-refractivity contribution in [3.05, 3.63) is 47.7 Å². The summed E-state index contributed by atoms with van der Waals surface area (Å²) in [5, 5.41) is 4.36. The quantitative estimate of drug-likeness (QED) is 0.861. The lowest BCUT2D eigenvalue weighted by Gasteiger charge is -2.27. The molecule has 1 aliphatic rings. The standard InChI is InChI=1S/C16H18N2O2/c1-16(2)8-9-18-13(15(16)19)10-14(17-18)20-11-12-6-4-3-5-7-12/h3-7,10H,8-9,11H2,1-2H3. The van der Waals surface area contributed by atoms with Gasteiger partial charge in [-0.25, -0.2) is 0 Å². The first kappa shape index (κ1) is 12.9. The molecular weight excluding hydrogens is 252 g/mol. The second-order valence-electron chi connectivity index (χ2n) is 5.83. The Morgan fingerprint density at radius 3 is 2.80 bits per heavy atom. The number of Topliss-reactive ketones (excluding diaryl/α,β-unsaturated/α-hetero) is 1. The van der Waals surface area contributed by atoms with Gasteiger partial charge in [0, 0.05) is 18.0 Å². The van der Waals surface area contributed by atoms with Crippen molar-refractivity contribution in [2.75, 3.05) is 0 Å². The summed E-state index contributed by atoms with van der Waals surface area (Å²) in [4.78, 5) is 12.3. The van der Waals surface area contributed by atoms with Gasteiger partial charge < -0.3 is 4.74 Å². The Morgan fingerprint density at radius 2 is 2.05 bits per heavy atom. The van der Waals surface area contributed by atoms with Crippen molar-refractivity contribution in [3.8, 4) is 5.88 Å². The van der Waals surface area contributed by atoms with Crippen LogP contribution in [-0.4, -0.2) is 15.6 Å². The topological polar surface area (TPSA) is 44.1 Å². The van der Waals surface area contributed by atoms with Gasteiger partial charge >= 0.3 is 0 Å². The summed E-state index contributed by atoms with van der Waals surface area (Å²) < 4.78 is 7.43. The highest BCUT2D eigenvalue weighted by Crippen LogP contribution is 2.32. The zero-order valence-electron chi connectivity index (χ0n) is 11.8. The minimum Gasteiger partial charge on any atom is -0.472 e. The Kier molecular flexibility index (Phi) is 3.08. The van der Waals surface area contributed by atoms with E-state index in [1.54, 1.807) is 10.7 Å². The smallest absolute Gasteiger partial charge is 0.233 e.